The predicted octanol–water partition coefficient (Wildman–Crippen LogP) is 8.07. The molecule has 0 unspecified atom stereocenters. The topological polar surface area (TPSA) is 74.6 Å². The van der Waals surface area contributed by atoms with Crippen LogP contribution in [0.15, 0.2) is 0 Å². The van der Waals surface area contributed by atoms with Crippen LogP contribution in [0.3, 0.4) is 0 Å². The number of hydrogen-bond donors (Lipinski definition) is 2. The molecule has 0 spiro atoms. The van der Waals surface area contributed by atoms with Crippen molar-refractivity contribution >= 4 is 60.8 Å². The molecule has 0 aliphatic rings. The molecule has 0 aromatic heterocycles. The number of carboxylic acids is 2. The number of carboxylic acid groups (broad SMARTS) is 2. The van der Waals surface area contributed by atoms with Crippen molar-refractivity contribution in [1.82, 2.24) is 0 Å². The molecule has 0 amide bonds. The first-order valence-corrected chi connectivity index (χ1v) is 12.8. The van der Waals surface area contributed by atoms with Crippen molar-refractivity contribution in [3.8, 4) is 0 Å². The molecule has 5 heteroatoms. The Morgan fingerprint density at radius 3 is 1.23 bits per heavy atom. The number of carbonyl (C=O) groups is 2. The van der Waals surface area contributed by atoms with E-state index in [4.69, 9.17) is 0 Å². The Bertz CT molecular complexity index is 416. The number of unbranched alkanes of at least 4 members (excludes halogenated alkanes) is 14. The third kappa shape index (κ3) is 19.7. The van der Waals surface area contributed by atoms with Crippen molar-refractivity contribution < 1.29 is 22.7 Å². The molecule has 0 heterocycles. The Balaban J connectivity index is -0.00000140. The fraction of sp³-hybridized carbons (Fsp3) is 0.923. The third-order valence-electron chi connectivity index (χ3n) is 6.56. The summed E-state index contributed by atoms with van der Waals surface area (Å²) in [5.41, 5.74) is -0.189. The van der Waals surface area contributed by atoms with Gasteiger partial charge in [0.25, 0.3) is 0 Å². The largest absolute Gasteiger partial charge is 2.00 e. The minimum Gasteiger partial charge on any atom is -1.00 e. The molecule has 0 aromatic rings. The van der Waals surface area contributed by atoms with Crippen LogP contribution in [0.2, 0.25) is 0 Å². The number of hydrogen-bond acceptors (Lipinski definition) is 2. The molecular weight excluding hydrogens is 514 g/mol. The summed E-state index contributed by atoms with van der Waals surface area (Å²) in [4.78, 5) is 22.9. The van der Waals surface area contributed by atoms with Crippen LogP contribution in [-0.2, 0) is 9.59 Å². The van der Waals surface area contributed by atoms with E-state index in [2.05, 4.69) is 20.8 Å². The predicted molar refractivity (Wildman–Crippen MR) is 134 cm³/mol. The van der Waals surface area contributed by atoms with Gasteiger partial charge in [-0.2, -0.15) is 0 Å². The van der Waals surface area contributed by atoms with Crippen LogP contribution in [0.25, 0.3) is 0 Å². The van der Waals surface area contributed by atoms with E-state index >= 15 is 0 Å². The van der Waals surface area contributed by atoms with Crippen LogP contribution in [0, 0.1) is 11.3 Å². The molecular formula is C26H52BaO4. The zero-order valence-electron chi connectivity index (χ0n) is 22.9. The summed E-state index contributed by atoms with van der Waals surface area (Å²) in [5, 5.41) is 18.7. The summed E-state index contributed by atoms with van der Waals surface area (Å²) >= 11 is 0. The third-order valence-corrected chi connectivity index (χ3v) is 6.56. The van der Waals surface area contributed by atoms with E-state index in [9.17, 15) is 19.8 Å². The van der Waals surface area contributed by atoms with E-state index < -0.39 is 17.9 Å². The molecule has 0 bridgehead atoms. The molecule has 0 aliphatic carbocycles. The maximum absolute atomic E-state index is 11.4. The first kappa shape index (κ1) is 33.7. The summed E-state index contributed by atoms with van der Waals surface area (Å²) in [6.07, 6.45) is 22.1. The van der Waals surface area contributed by atoms with Gasteiger partial charge >= 0.3 is 60.8 Å². The molecule has 0 aromatic carbocycles. The summed E-state index contributed by atoms with van der Waals surface area (Å²) in [7, 11) is 0. The maximum atomic E-state index is 11.4. The monoisotopic (exact) mass is 566 g/mol. The molecule has 0 saturated heterocycles. The molecule has 0 fully saturated rings. The Hall–Kier alpha value is 0.511. The van der Waals surface area contributed by atoms with Gasteiger partial charge in [-0.05, 0) is 24.7 Å². The second-order valence-electron chi connectivity index (χ2n) is 9.69. The Kier molecular flexibility index (Phi) is 24.2. The maximum Gasteiger partial charge on any atom is 2.00 e. The molecule has 0 aliphatic heterocycles. The van der Waals surface area contributed by atoms with Gasteiger partial charge in [-0.1, -0.05) is 124 Å². The Labute approximate surface area is 235 Å². The normalized spacial score (nSPS) is 11.5. The second kappa shape index (κ2) is 22.3. The van der Waals surface area contributed by atoms with Gasteiger partial charge in [-0.25, -0.2) is 0 Å². The van der Waals surface area contributed by atoms with E-state index in [0.29, 0.717) is 0 Å². The van der Waals surface area contributed by atoms with Crippen LogP contribution in [0.1, 0.15) is 146 Å². The van der Waals surface area contributed by atoms with E-state index in [1.807, 2.05) is 0 Å². The van der Waals surface area contributed by atoms with Crippen molar-refractivity contribution in [2.45, 2.75) is 143 Å². The average molecular weight is 566 g/mol. The van der Waals surface area contributed by atoms with Crippen LogP contribution in [0.4, 0.5) is 0 Å². The number of aliphatic carboxylic acids is 2. The van der Waals surface area contributed by atoms with Crippen LogP contribution in [-0.4, -0.2) is 71.0 Å². The standard InChI is InChI=1S/C26H50O4.Ba.2H/c1-4-6-8-10-12-14-16-18-20-26(3,22-23(24(27)28)25(29)30)21-19-17-15-13-11-9-7-5-2;;;/h23H,4-22H2,1-3H3,(H,27,28)(H,29,30);;;/q;+2;2*-1. The first-order valence-electron chi connectivity index (χ1n) is 12.8. The SMILES string of the molecule is CCCCCCCCCCC(C)(CCCCCCCCCC)CC(C(=O)O)C(=O)O.[Ba+2].[H-].[H-]. The van der Waals surface area contributed by atoms with Crippen molar-refractivity contribution in [3.05, 3.63) is 0 Å². The molecule has 182 valence electrons. The molecule has 0 atom stereocenters. The van der Waals surface area contributed by atoms with Gasteiger partial charge in [0, 0.05) is 0 Å². The average Bonchev–Trinajstić information content (AvgIpc) is 2.70. The van der Waals surface area contributed by atoms with Gasteiger partial charge in [0.2, 0.25) is 0 Å². The van der Waals surface area contributed by atoms with Gasteiger partial charge in [-0.3, -0.25) is 9.59 Å². The van der Waals surface area contributed by atoms with Crippen molar-refractivity contribution in [3.63, 3.8) is 0 Å². The fourth-order valence-electron chi connectivity index (χ4n) is 4.47. The zero-order valence-corrected chi connectivity index (χ0v) is 25.4. The summed E-state index contributed by atoms with van der Waals surface area (Å²) in [6.45, 7) is 6.58. The number of rotatable bonds is 22. The summed E-state index contributed by atoms with van der Waals surface area (Å²) in [5.74, 6) is -3.67. The molecule has 0 rings (SSSR count). The summed E-state index contributed by atoms with van der Waals surface area (Å²) in [6, 6.07) is 0. The van der Waals surface area contributed by atoms with Crippen molar-refractivity contribution in [2.24, 2.45) is 11.3 Å². The molecule has 31 heavy (non-hydrogen) atoms. The van der Waals surface area contributed by atoms with E-state index in [0.717, 1.165) is 25.7 Å². The molecule has 0 saturated carbocycles. The Morgan fingerprint density at radius 1 is 0.645 bits per heavy atom. The summed E-state index contributed by atoms with van der Waals surface area (Å²) < 4.78 is 0. The van der Waals surface area contributed by atoms with Crippen LogP contribution >= 0.6 is 0 Å². The molecule has 2 N–H and O–H groups in total. The van der Waals surface area contributed by atoms with Gasteiger partial charge in [0.15, 0.2) is 5.92 Å². The fourth-order valence-corrected chi connectivity index (χ4v) is 4.47. The molecule has 0 radical (unpaired) electrons. The minimum atomic E-state index is -1.28. The first-order chi connectivity index (χ1) is 14.4. The minimum absolute atomic E-state index is 0. The quantitative estimate of drug-likeness (QED) is 0.0790. The zero-order chi connectivity index (χ0) is 22.7. The second-order valence-corrected chi connectivity index (χ2v) is 9.69. The van der Waals surface area contributed by atoms with E-state index in [1.54, 1.807) is 0 Å². The van der Waals surface area contributed by atoms with E-state index in [-0.39, 0.29) is 63.6 Å². The van der Waals surface area contributed by atoms with E-state index in [1.165, 1.54) is 89.9 Å². The van der Waals surface area contributed by atoms with Gasteiger partial charge in [0.1, 0.15) is 0 Å². The van der Waals surface area contributed by atoms with Crippen LogP contribution < -0.4 is 0 Å². The van der Waals surface area contributed by atoms with Gasteiger partial charge < -0.3 is 13.1 Å². The van der Waals surface area contributed by atoms with Gasteiger partial charge in [0.05, 0.1) is 0 Å². The smallest absolute Gasteiger partial charge is 1.00 e. The van der Waals surface area contributed by atoms with Crippen molar-refractivity contribution in [2.75, 3.05) is 0 Å². The molecule has 4 nitrogen and oxygen atoms in total. The van der Waals surface area contributed by atoms with Crippen molar-refractivity contribution in [1.29, 1.82) is 0 Å². The van der Waals surface area contributed by atoms with Crippen LogP contribution in [0.5, 0.6) is 0 Å². The Morgan fingerprint density at radius 2 is 0.935 bits per heavy atom. The van der Waals surface area contributed by atoms with Gasteiger partial charge in [-0.15, -0.1) is 0 Å².